The molecule has 45 heavy (non-hydrogen) atoms. The van der Waals surface area contributed by atoms with Crippen molar-refractivity contribution in [2.45, 2.75) is 52.6 Å². The van der Waals surface area contributed by atoms with Gasteiger partial charge in [0, 0.05) is 46.5 Å². The minimum absolute atomic E-state index is 0.0283. The first-order chi connectivity index (χ1) is 21.6. The number of nitrogens with one attached hydrogen (secondary N) is 1. The van der Waals surface area contributed by atoms with Gasteiger partial charge in [-0.05, 0) is 73.7 Å². The molecule has 1 amide bonds. The number of piperazine rings is 1. The highest BCUT2D eigenvalue weighted by Gasteiger charge is 2.35. The van der Waals surface area contributed by atoms with Crippen molar-refractivity contribution < 1.29 is 4.79 Å². The van der Waals surface area contributed by atoms with Crippen molar-refractivity contribution >= 4 is 50.7 Å². The maximum Gasteiger partial charge on any atom is 0.274 e. The summed E-state index contributed by atoms with van der Waals surface area (Å²) in [7, 11) is 0. The average Bonchev–Trinajstić information content (AvgIpc) is 3.50. The molecule has 228 valence electrons. The zero-order valence-corrected chi connectivity index (χ0v) is 26.8. The van der Waals surface area contributed by atoms with Gasteiger partial charge >= 0.3 is 0 Å². The second kappa shape index (κ2) is 11.6. The van der Waals surface area contributed by atoms with Gasteiger partial charge in [-0.2, -0.15) is 5.10 Å². The quantitative estimate of drug-likeness (QED) is 0.161. The minimum Gasteiger partial charge on any atom is -0.373 e. The van der Waals surface area contributed by atoms with E-state index in [1.165, 1.54) is 6.08 Å². The van der Waals surface area contributed by atoms with E-state index in [2.05, 4.69) is 40.4 Å². The Balaban J connectivity index is 1.72. The molecule has 0 unspecified atom stereocenters. The zero-order chi connectivity index (χ0) is 32.2. The lowest BCUT2D eigenvalue weighted by molar-refractivity contribution is -0.128. The molecule has 0 radical (unpaired) electrons. The lowest BCUT2D eigenvalue weighted by Gasteiger charge is -2.45. The summed E-state index contributed by atoms with van der Waals surface area (Å²) in [6, 6.07) is 15.4. The van der Waals surface area contributed by atoms with E-state index >= 15 is 0 Å². The fraction of sp³-hybridized carbons (Fsp3) is 0.278. The number of pyridine rings is 1. The predicted octanol–water partition coefficient (Wildman–Crippen LogP) is 7.78. The molecule has 3 heterocycles. The van der Waals surface area contributed by atoms with E-state index in [9.17, 15) is 9.59 Å². The van der Waals surface area contributed by atoms with E-state index in [0.717, 1.165) is 38.8 Å². The fourth-order valence-corrected chi connectivity index (χ4v) is 6.99. The third-order valence-electron chi connectivity index (χ3n) is 8.96. The first-order valence-electron chi connectivity index (χ1n) is 15.1. The van der Waals surface area contributed by atoms with Gasteiger partial charge in [0.05, 0.1) is 35.2 Å². The molecule has 0 aliphatic carbocycles. The number of nitrogens with zero attached hydrogens (tertiary/aromatic N) is 5. The van der Waals surface area contributed by atoms with Crippen LogP contribution in [0.15, 0.2) is 72.2 Å². The van der Waals surface area contributed by atoms with Crippen LogP contribution >= 0.6 is 11.6 Å². The average molecular weight is 619 g/mol. The number of hydrogen-bond donors (Lipinski definition) is 1. The van der Waals surface area contributed by atoms with Gasteiger partial charge in [-0.15, -0.1) is 0 Å². The Labute approximate surface area is 267 Å². The third-order valence-corrected chi connectivity index (χ3v) is 9.27. The van der Waals surface area contributed by atoms with Gasteiger partial charge in [0.15, 0.2) is 0 Å². The molecule has 1 aliphatic heterocycles. The van der Waals surface area contributed by atoms with Crippen molar-refractivity contribution in [2.24, 2.45) is 0 Å². The number of hydrogen-bond acceptors (Lipinski definition) is 4. The van der Waals surface area contributed by atoms with E-state index in [4.69, 9.17) is 18.2 Å². The Kier molecular flexibility index (Phi) is 7.75. The van der Waals surface area contributed by atoms with Gasteiger partial charge in [-0.3, -0.25) is 19.3 Å². The molecule has 8 nitrogen and oxygen atoms in total. The van der Waals surface area contributed by atoms with Crippen LogP contribution in [0.1, 0.15) is 44.7 Å². The lowest BCUT2D eigenvalue weighted by Crippen LogP contribution is -2.58. The van der Waals surface area contributed by atoms with Gasteiger partial charge in [0.25, 0.3) is 11.2 Å². The first kappa shape index (κ1) is 30.2. The van der Waals surface area contributed by atoms with E-state index in [0.29, 0.717) is 34.7 Å². The molecule has 0 bridgehead atoms. The van der Waals surface area contributed by atoms with Crippen molar-refractivity contribution in [3.8, 4) is 16.8 Å². The second-order valence-corrected chi connectivity index (χ2v) is 12.6. The summed E-state index contributed by atoms with van der Waals surface area (Å²) in [5, 5.41) is 9.45. The molecule has 9 heteroatoms. The van der Waals surface area contributed by atoms with Crippen molar-refractivity contribution in [3.63, 3.8) is 0 Å². The van der Waals surface area contributed by atoms with E-state index in [1.54, 1.807) is 15.7 Å². The number of halogens is 1. The van der Waals surface area contributed by atoms with Gasteiger partial charge in [0.2, 0.25) is 5.91 Å². The number of H-pyrrole nitrogens is 1. The normalized spacial score (nSPS) is 16.8. The first-order valence-corrected chi connectivity index (χ1v) is 15.5. The number of carbonyl (C=O) groups is 1. The number of aromatic nitrogens is 3. The molecule has 3 aromatic carbocycles. The summed E-state index contributed by atoms with van der Waals surface area (Å²) in [5.74, 6) is -0.00861. The van der Waals surface area contributed by atoms with Gasteiger partial charge in [0.1, 0.15) is 0 Å². The van der Waals surface area contributed by atoms with Crippen LogP contribution in [0.5, 0.6) is 0 Å². The molecule has 1 fully saturated rings. The highest BCUT2D eigenvalue weighted by atomic mass is 35.5. The van der Waals surface area contributed by atoms with Crippen LogP contribution in [0, 0.1) is 13.5 Å². The number of benzene rings is 3. The molecule has 6 rings (SSSR count). The molecular formula is C36H35ClN6O2. The zero-order valence-electron chi connectivity index (χ0n) is 26.1. The second-order valence-electron chi connectivity index (χ2n) is 12.1. The fourth-order valence-electron chi connectivity index (χ4n) is 6.73. The number of carbonyl (C=O) groups excluding carboxylic acids is 1. The Hall–Kier alpha value is -4.87. The van der Waals surface area contributed by atoms with Crippen LogP contribution in [0.2, 0.25) is 5.02 Å². The van der Waals surface area contributed by atoms with E-state index in [-0.39, 0.29) is 29.6 Å². The minimum atomic E-state index is -0.392. The summed E-state index contributed by atoms with van der Waals surface area (Å²) < 4.78 is 1.68. The van der Waals surface area contributed by atoms with Crippen LogP contribution in [0.4, 0.5) is 11.4 Å². The standard InChI is InChI=1S/C36H35ClN6O2/c1-8-32(44)41-18-23(6)42(19-22(41)5)35-26-15-28(37)25(33-21(4)13-14-29-27(33)17-39-40-29)16-31(26)43(36(45)34(35)38-7)30-12-10-9-11-24(30)20(2)3/h8-17,20,22-23H,1,18-19H2,2-6H3,(H,39,40)/t22-,23+/m1/s1. The molecule has 1 aliphatic rings. The molecule has 0 spiro atoms. The van der Waals surface area contributed by atoms with Crippen LogP contribution in [0.25, 0.3) is 43.5 Å². The molecule has 1 saturated heterocycles. The Morgan fingerprint density at radius 3 is 2.60 bits per heavy atom. The molecule has 1 N–H and O–H groups in total. The maximum atomic E-state index is 14.6. The molecular weight excluding hydrogens is 584 g/mol. The SMILES string of the molecule is [C-]#[N+]c1c(N2C[C@@H](C)N(C(=O)C=C)C[C@@H]2C)c2cc(Cl)c(-c3c(C)ccc4[nH]ncc34)cc2n(-c2ccccc2C(C)C)c1=O. The van der Waals surface area contributed by atoms with E-state index in [1.807, 2.05) is 69.3 Å². The number of aromatic amines is 1. The highest BCUT2D eigenvalue weighted by Crippen LogP contribution is 2.44. The summed E-state index contributed by atoms with van der Waals surface area (Å²) >= 11 is 7.17. The summed E-state index contributed by atoms with van der Waals surface area (Å²) in [6.07, 6.45) is 3.12. The molecule has 2 atom stereocenters. The molecule has 2 aromatic heterocycles. The molecule has 5 aromatic rings. The summed E-state index contributed by atoms with van der Waals surface area (Å²) in [6.45, 7) is 23.0. The smallest absolute Gasteiger partial charge is 0.274 e. The number of fused-ring (bicyclic) bond motifs is 2. The van der Waals surface area contributed by atoms with Crippen molar-refractivity contribution in [2.75, 3.05) is 18.0 Å². The molecule has 0 saturated carbocycles. The largest absolute Gasteiger partial charge is 0.373 e. The topological polar surface area (TPSA) is 78.6 Å². The van der Waals surface area contributed by atoms with Crippen molar-refractivity contribution in [1.82, 2.24) is 19.7 Å². The Morgan fingerprint density at radius 2 is 1.89 bits per heavy atom. The lowest BCUT2D eigenvalue weighted by atomic mass is 9.94. The van der Waals surface area contributed by atoms with Crippen LogP contribution in [0.3, 0.4) is 0 Å². The van der Waals surface area contributed by atoms with Crippen LogP contribution < -0.4 is 10.5 Å². The van der Waals surface area contributed by atoms with Crippen LogP contribution in [-0.2, 0) is 4.79 Å². The number of anilines is 1. The van der Waals surface area contributed by atoms with Gasteiger partial charge < -0.3 is 9.80 Å². The number of aryl methyl sites for hydroxylation is 1. The van der Waals surface area contributed by atoms with Crippen molar-refractivity contribution in [1.29, 1.82) is 0 Å². The summed E-state index contributed by atoms with van der Waals surface area (Å²) in [4.78, 5) is 35.0. The van der Waals surface area contributed by atoms with Gasteiger partial charge in [-0.1, -0.05) is 56.3 Å². The maximum absolute atomic E-state index is 14.6. The monoisotopic (exact) mass is 618 g/mol. The predicted molar refractivity (Wildman–Crippen MR) is 183 cm³/mol. The third kappa shape index (κ3) is 4.88. The van der Waals surface area contributed by atoms with Crippen molar-refractivity contribution in [3.05, 3.63) is 105 Å². The highest BCUT2D eigenvalue weighted by molar-refractivity contribution is 6.35. The Morgan fingerprint density at radius 1 is 1.13 bits per heavy atom. The Bertz CT molecular complexity index is 2100. The number of amides is 1. The number of rotatable bonds is 5. The van der Waals surface area contributed by atoms with Crippen LogP contribution in [-0.4, -0.2) is 50.7 Å². The van der Waals surface area contributed by atoms with E-state index < -0.39 is 5.56 Å². The van der Waals surface area contributed by atoms with Gasteiger partial charge in [-0.25, -0.2) is 4.85 Å². The summed E-state index contributed by atoms with van der Waals surface area (Å²) in [5.41, 5.74) is 6.15. The number of para-hydroxylation sites is 1.